The van der Waals surface area contributed by atoms with E-state index < -0.39 is 18.3 Å². The smallest absolute Gasteiger partial charge is 0.363 e. The van der Waals surface area contributed by atoms with Crippen LogP contribution in [0.3, 0.4) is 0 Å². The van der Waals surface area contributed by atoms with Crippen LogP contribution < -0.4 is 5.32 Å². The summed E-state index contributed by atoms with van der Waals surface area (Å²) in [6.45, 7) is 1.10. The Bertz CT molecular complexity index is 1180. The molecule has 34 heavy (non-hydrogen) atoms. The van der Waals surface area contributed by atoms with Gasteiger partial charge in [-0.3, -0.25) is 4.79 Å². The van der Waals surface area contributed by atoms with Crippen LogP contribution in [0.25, 0.3) is 0 Å². The fourth-order valence-electron chi connectivity index (χ4n) is 4.97. The summed E-state index contributed by atoms with van der Waals surface area (Å²) in [5.41, 5.74) is 2.03. The van der Waals surface area contributed by atoms with Crippen molar-refractivity contribution in [3.8, 4) is 0 Å². The first-order valence-corrected chi connectivity index (χ1v) is 11.7. The minimum atomic E-state index is -4.48. The van der Waals surface area contributed by atoms with Crippen molar-refractivity contribution < 1.29 is 18.0 Å². The van der Waals surface area contributed by atoms with Gasteiger partial charge in [0.05, 0.1) is 12.2 Å². The van der Waals surface area contributed by atoms with E-state index in [4.69, 9.17) is 11.6 Å². The van der Waals surface area contributed by atoms with Gasteiger partial charge in [-0.05, 0) is 42.0 Å². The highest BCUT2D eigenvalue weighted by Gasteiger charge is 2.47. The van der Waals surface area contributed by atoms with Gasteiger partial charge in [0.25, 0.3) is 5.91 Å². The Labute approximate surface area is 200 Å². The molecule has 0 radical (unpaired) electrons. The fraction of sp³-hybridized carbons (Fsp3) is 0.360. The van der Waals surface area contributed by atoms with Crippen molar-refractivity contribution in [1.82, 2.24) is 14.7 Å². The van der Waals surface area contributed by atoms with Crippen molar-refractivity contribution in [2.24, 2.45) is 5.92 Å². The van der Waals surface area contributed by atoms with Crippen LogP contribution in [0.15, 0.2) is 60.8 Å². The molecule has 1 fully saturated rings. The third-order valence-corrected chi connectivity index (χ3v) is 6.89. The molecule has 1 N–H and O–H groups in total. The Balaban J connectivity index is 1.37. The first-order valence-electron chi connectivity index (χ1n) is 11.3. The second kappa shape index (κ2) is 8.98. The largest absolute Gasteiger partial charge is 0.410 e. The van der Waals surface area contributed by atoms with Crippen molar-refractivity contribution in [3.05, 3.63) is 82.5 Å². The summed E-state index contributed by atoms with van der Waals surface area (Å²) < 4.78 is 42.7. The second-order valence-corrected chi connectivity index (χ2v) is 9.43. The van der Waals surface area contributed by atoms with E-state index in [9.17, 15) is 18.0 Å². The van der Waals surface area contributed by atoms with Gasteiger partial charge in [-0.15, -0.1) is 0 Å². The maximum Gasteiger partial charge on any atom is 0.410 e. The number of alkyl halides is 3. The van der Waals surface area contributed by atoms with Crippen LogP contribution in [0.2, 0.25) is 5.02 Å². The van der Waals surface area contributed by atoms with E-state index in [0.29, 0.717) is 18.1 Å². The minimum Gasteiger partial charge on any atom is -0.363 e. The molecule has 2 aliphatic rings. The van der Waals surface area contributed by atoms with Crippen molar-refractivity contribution in [2.45, 2.75) is 37.5 Å². The number of hydrogen-bond donors (Lipinski definition) is 1. The van der Waals surface area contributed by atoms with Crippen molar-refractivity contribution >= 4 is 23.3 Å². The molecule has 0 spiro atoms. The quantitative estimate of drug-likeness (QED) is 0.497. The molecule has 5 rings (SSSR count). The van der Waals surface area contributed by atoms with Crippen LogP contribution in [0.1, 0.15) is 46.4 Å². The predicted molar refractivity (Wildman–Crippen MR) is 124 cm³/mol. The van der Waals surface area contributed by atoms with Gasteiger partial charge < -0.3 is 10.2 Å². The molecular weight excluding hydrogens is 465 g/mol. The van der Waals surface area contributed by atoms with Gasteiger partial charge in [0, 0.05) is 24.5 Å². The number of carbonyl (C=O) groups is 1. The number of amides is 1. The lowest BCUT2D eigenvalue weighted by Crippen LogP contribution is -2.37. The SMILES string of the molecule is O=C(c1cnn2c1NC(c1ccccc1)CC2C(F)(F)F)N1CCC(Cc2cccc(Cl)c2)C1. The summed E-state index contributed by atoms with van der Waals surface area (Å²) in [6, 6.07) is 14.3. The van der Waals surface area contributed by atoms with Crippen molar-refractivity contribution in [3.63, 3.8) is 0 Å². The Morgan fingerprint density at radius 2 is 1.94 bits per heavy atom. The molecule has 3 unspecified atom stereocenters. The molecule has 9 heteroatoms. The van der Waals surface area contributed by atoms with E-state index in [0.717, 1.165) is 28.7 Å². The summed E-state index contributed by atoms with van der Waals surface area (Å²) in [4.78, 5) is 15.1. The number of aromatic nitrogens is 2. The average molecular weight is 489 g/mol. The minimum absolute atomic E-state index is 0.130. The van der Waals surface area contributed by atoms with Crippen LogP contribution in [0, 0.1) is 5.92 Å². The lowest BCUT2D eigenvalue weighted by molar-refractivity contribution is -0.173. The van der Waals surface area contributed by atoms with E-state index in [1.165, 1.54) is 6.20 Å². The van der Waals surface area contributed by atoms with Gasteiger partial charge in [0.15, 0.2) is 6.04 Å². The molecule has 178 valence electrons. The molecule has 3 atom stereocenters. The number of likely N-dealkylation sites (tertiary alicyclic amines) is 1. The van der Waals surface area contributed by atoms with E-state index in [2.05, 4.69) is 10.4 Å². The second-order valence-electron chi connectivity index (χ2n) is 8.99. The molecular formula is C25H24ClF3N4O. The van der Waals surface area contributed by atoms with Crippen LogP contribution in [-0.2, 0) is 6.42 Å². The van der Waals surface area contributed by atoms with Gasteiger partial charge in [-0.2, -0.15) is 18.3 Å². The zero-order chi connectivity index (χ0) is 23.9. The number of nitrogens with zero attached hydrogens (tertiary/aromatic N) is 3. The zero-order valence-corrected chi connectivity index (χ0v) is 19.1. The lowest BCUT2D eigenvalue weighted by Gasteiger charge is -2.34. The highest BCUT2D eigenvalue weighted by Crippen LogP contribution is 2.44. The van der Waals surface area contributed by atoms with E-state index in [-0.39, 0.29) is 29.6 Å². The molecule has 5 nitrogen and oxygen atoms in total. The molecule has 1 saturated heterocycles. The highest BCUT2D eigenvalue weighted by molar-refractivity contribution is 6.30. The van der Waals surface area contributed by atoms with Crippen LogP contribution >= 0.6 is 11.6 Å². The van der Waals surface area contributed by atoms with Gasteiger partial charge in [-0.1, -0.05) is 54.1 Å². The van der Waals surface area contributed by atoms with Gasteiger partial charge in [0.2, 0.25) is 0 Å². The number of carbonyl (C=O) groups excluding carboxylic acids is 1. The number of hydrogen-bond acceptors (Lipinski definition) is 3. The lowest BCUT2D eigenvalue weighted by atomic mass is 9.96. The average Bonchev–Trinajstić information content (AvgIpc) is 3.45. The molecule has 2 aliphatic heterocycles. The molecule has 1 amide bonds. The molecule has 0 bridgehead atoms. The first-order chi connectivity index (χ1) is 16.3. The summed E-state index contributed by atoms with van der Waals surface area (Å²) in [6.07, 6.45) is -1.79. The number of rotatable bonds is 4. The molecule has 0 aliphatic carbocycles. The molecule has 0 saturated carbocycles. The third kappa shape index (κ3) is 4.51. The van der Waals surface area contributed by atoms with Crippen LogP contribution in [0.4, 0.5) is 19.0 Å². The maximum absolute atomic E-state index is 13.9. The highest BCUT2D eigenvalue weighted by atomic mass is 35.5. The third-order valence-electron chi connectivity index (χ3n) is 6.66. The van der Waals surface area contributed by atoms with Crippen LogP contribution in [0.5, 0.6) is 0 Å². The van der Waals surface area contributed by atoms with E-state index >= 15 is 0 Å². The number of benzene rings is 2. The Morgan fingerprint density at radius 1 is 1.15 bits per heavy atom. The number of fused-ring (bicyclic) bond motifs is 1. The van der Waals surface area contributed by atoms with E-state index in [1.807, 2.05) is 30.3 Å². The normalized spacial score (nSPS) is 22.4. The van der Waals surface area contributed by atoms with Crippen molar-refractivity contribution in [1.29, 1.82) is 0 Å². The Hall–Kier alpha value is -3.00. The van der Waals surface area contributed by atoms with Crippen molar-refractivity contribution in [2.75, 3.05) is 18.4 Å². The van der Waals surface area contributed by atoms with Gasteiger partial charge in [0.1, 0.15) is 11.4 Å². The molecule has 3 aromatic rings. The standard InChI is InChI=1S/C25H24ClF3N4O/c26-19-8-4-5-16(12-19)11-17-9-10-32(15-17)24(34)20-14-30-33-22(25(27,28)29)13-21(31-23(20)33)18-6-2-1-3-7-18/h1-8,12,14,17,21-22,31H,9-11,13,15H2. The van der Waals surface area contributed by atoms with Crippen LogP contribution in [-0.4, -0.2) is 39.9 Å². The predicted octanol–water partition coefficient (Wildman–Crippen LogP) is 5.90. The molecule has 3 heterocycles. The number of anilines is 1. The summed E-state index contributed by atoms with van der Waals surface area (Å²) in [5, 5.41) is 7.83. The monoisotopic (exact) mass is 488 g/mol. The molecule has 1 aromatic heterocycles. The summed E-state index contributed by atoms with van der Waals surface area (Å²) in [7, 11) is 0. The van der Waals surface area contributed by atoms with E-state index in [1.54, 1.807) is 29.2 Å². The fourth-order valence-corrected chi connectivity index (χ4v) is 5.19. The Kier molecular flexibility index (Phi) is 6.02. The maximum atomic E-state index is 13.9. The van der Waals surface area contributed by atoms with Gasteiger partial charge >= 0.3 is 6.18 Å². The topological polar surface area (TPSA) is 50.2 Å². The summed E-state index contributed by atoms with van der Waals surface area (Å²) in [5.74, 6) is 0.101. The number of halogens is 4. The number of nitrogens with one attached hydrogen (secondary N) is 1. The molecule has 2 aromatic carbocycles. The Morgan fingerprint density at radius 3 is 2.68 bits per heavy atom. The summed E-state index contributed by atoms with van der Waals surface area (Å²) >= 11 is 6.08. The first kappa shape index (κ1) is 22.8. The zero-order valence-electron chi connectivity index (χ0n) is 18.3. The van der Waals surface area contributed by atoms with Gasteiger partial charge in [-0.25, -0.2) is 4.68 Å².